The number of hydrogen-bond acceptors (Lipinski definition) is 2. The summed E-state index contributed by atoms with van der Waals surface area (Å²) in [7, 11) is 0. The molecule has 2 nitrogen and oxygen atoms in total. The van der Waals surface area contributed by atoms with Gasteiger partial charge in [0.15, 0.2) is 0 Å². The van der Waals surface area contributed by atoms with Crippen LogP contribution in [-0.4, -0.2) is 26.2 Å². The van der Waals surface area contributed by atoms with Gasteiger partial charge in [-0.1, -0.05) is 30.3 Å². The molecule has 1 unspecified atom stereocenters. The van der Waals surface area contributed by atoms with Gasteiger partial charge in [0.05, 0.1) is 0 Å². The summed E-state index contributed by atoms with van der Waals surface area (Å²) in [6.07, 6.45) is 1.32. The molecule has 0 aliphatic carbocycles. The average Bonchev–Trinajstić information content (AvgIpc) is 2.28. The Morgan fingerprint density at radius 2 is 1.87 bits per heavy atom. The smallest absolute Gasteiger partial charge is 0.00453 e. The number of piperidine rings is 1. The molecule has 2 N–H and O–H groups in total. The molecule has 2 fully saturated rings. The normalized spacial score (nSPS) is 28.7. The third kappa shape index (κ3) is 1.48. The van der Waals surface area contributed by atoms with Gasteiger partial charge in [-0.05, 0) is 18.5 Å². The van der Waals surface area contributed by atoms with Gasteiger partial charge < -0.3 is 10.6 Å². The number of hydrogen-bond donors (Lipinski definition) is 2. The van der Waals surface area contributed by atoms with Crippen molar-refractivity contribution in [2.45, 2.75) is 12.3 Å². The fraction of sp³-hybridized carbons (Fsp3) is 0.538. The summed E-state index contributed by atoms with van der Waals surface area (Å²) in [5.41, 5.74) is 2.05. The zero-order valence-corrected chi connectivity index (χ0v) is 9.00. The summed E-state index contributed by atoms with van der Waals surface area (Å²) in [6.45, 7) is 4.74. The molecule has 2 heteroatoms. The lowest BCUT2D eigenvalue weighted by Crippen LogP contribution is -2.61. The molecule has 0 aromatic heterocycles. The summed E-state index contributed by atoms with van der Waals surface area (Å²) in [5.74, 6) is 0.702. The van der Waals surface area contributed by atoms with Crippen LogP contribution in [0.5, 0.6) is 0 Å². The first-order chi connectivity index (χ1) is 7.41. The van der Waals surface area contributed by atoms with Crippen molar-refractivity contribution in [1.82, 2.24) is 10.6 Å². The third-order valence-corrected chi connectivity index (χ3v) is 4.04. The molecular formula is C13H18N2. The fourth-order valence-corrected chi connectivity index (χ4v) is 3.00. The zero-order chi connectivity index (χ0) is 10.1. The molecule has 80 valence electrons. The first-order valence-corrected chi connectivity index (χ1v) is 5.87. The number of nitrogens with one attached hydrogen (secondary N) is 2. The predicted octanol–water partition coefficient (Wildman–Crippen LogP) is 1.35. The molecule has 1 aromatic carbocycles. The number of benzene rings is 1. The van der Waals surface area contributed by atoms with Crippen LogP contribution in [0.25, 0.3) is 0 Å². The van der Waals surface area contributed by atoms with Gasteiger partial charge in [0, 0.05) is 31.0 Å². The van der Waals surface area contributed by atoms with E-state index >= 15 is 0 Å². The van der Waals surface area contributed by atoms with Gasteiger partial charge in [-0.3, -0.25) is 0 Å². The van der Waals surface area contributed by atoms with Crippen LogP contribution in [0.1, 0.15) is 17.9 Å². The summed E-state index contributed by atoms with van der Waals surface area (Å²) in [5, 5.41) is 6.97. The van der Waals surface area contributed by atoms with Crippen LogP contribution in [0.2, 0.25) is 0 Å². The summed E-state index contributed by atoms with van der Waals surface area (Å²) in [4.78, 5) is 0. The molecule has 3 rings (SSSR count). The molecule has 1 aromatic rings. The monoisotopic (exact) mass is 202 g/mol. The molecule has 1 spiro atoms. The number of rotatable bonds is 1. The molecule has 0 amide bonds. The molecule has 0 radical (unpaired) electrons. The van der Waals surface area contributed by atoms with E-state index in [-0.39, 0.29) is 0 Å². The first kappa shape index (κ1) is 9.37. The van der Waals surface area contributed by atoms with E-state index in [0.717, 1.165) is 6.54 Å². The van der Waals surface area contributed by atoms with Gasteiger partial charge in [0.1, 0.15) is 0 Å². The van der Waals surface area contributed by atoms with Crippen LogP contribution in [0.4, 0.5) is 0 Å². The SMILES string of the molecule is c1ccc(C2CNCCC23CNC3)cc1. The Labute approximate surface area is 91.1 Å². The van der Waals surface area contributed by atoms with Crippen LogP contribution in [0.15, 0.2) is 30.3 Å². The van der Waals surface area contributed by atoms with Crippen molar-refractivity contribution >= 4 is 0 Å². The van der Waals surface area contributed by atoms with E-state index in [1.54, 1.807) is 0 Å². The average molecular weight is 202 g/mol. The summed E-state index contributed by atoms with van der Waals surface area (Å²) < 4.78 is 0. The van der Waals surface area contributed by atoms with Crippen LogP contribution < -0.4 is 10.6 Å². The minimum absolute atomic E-state index is 0.548. The molecule has 2 saturated heterocycles. The van der Waals surface area contributed by atoms with Gasteiger partial charge in [0.2, 0.25) is 0 Å². The predicted molar refractivity (Wildman–Crippen MR) is 62.0 cm³/mol. The molecule has 0 bridgehead atoms. The van der Waals surface area contributed by atoms with Gasteiger partial charge in [-0.25, -0.2) is 0 Å². The molecular weight excluding hydrogens is 184 g/mol. The first-order valence-electron chi connectivity index (χ1n) is 5.87. The Morgan fingerprint density at radius 1 is 1.07 bits per heavy atom. The lowest BCUT2D eigenvalue weighted by molar-refractivity contribution is 0.0864. The Balaban J connectivity index is 1.89. The minimum atomic E-state index is 0.548. The van der Waals surface area contributed by atoms with E-state index in [1.165, 1.54) is 31.6 Å². The van der Waals surface area contributed by atoms with Crippen LogP contribution >= 0.6 is 0 Å². The highest BCUT2D eigenvalue weighted by atomic mass is 15.0. The molecule has 2 aliphatic rings. The Kier molecular flexibility index (Phi) is 2.26. The Morgan fingerprint density at radius 3 is 2.53 bits per heavy atom. The third-order valence-electron chi connectivity index (χ3n) is 4.04. The lowest BCUT2D eigenvalue weighted by Gasteiger charge is -2.51. The Hall–Kier alpha value is -0.860. The van der Waals surface area contributed by atoms with Crippen LogP contribution in [0.3, 0.4) is 0 Å². The van der Waals surface area contributed by atoms with Crippen LogP contribution in [-0.2, 0) is 0 Å². The zero-order valence-electron chi connectivity index (χ0n) is 9.00. The molecule has 2 aliphatic heterocycles. The van der Waals surface area contributed by atoms with Gasteiger partial charge in [0.25, 0.3) is 0 Å². The molecule has 0 saturated carbocycles. The van der Waals surface area contributed by atoms with E-state index in [0.29, 0.717) is 11.3 Å². The van der Waals surface area contributed by atoms with E-state index in [2.05, 4.69) is 41.0 Å². The fourth-order valence-electron chi connectivity index (χ4n) is 3.00. The quantitative estimate of drug-likeness (QED) is 0.718. The van der Waals surface area contributed by atoms with Crippen molar-refractivity contribution in [2.75, 3.05) is 26.2 Å². The topological polar surface area (TPSA) is 24.1 Å². The second-order valence-electron chi connectivity index (χ2n) is 4.88. The van der Waals surface area contributed by atoms with Gasteiger partial charge >= 0.3 is 0 Å². The van der Waals surface area contributed by atoms with E-state index in [1.807, 2.05) is 0 Å². The van der Waals surface area contributed by atoms with Gasteiger partial charge in [-0.15, -0.1) is 0 Å². The van der Waals surface area contributed by atoms with E-state index < -0.39 is 0 Å². The standard InChI is InChI=1S/C13H18N2/c1-2-4-11(5-3-1)12-8-14-7-6-13(12)9-15-10-13/h1-5,12,14-15H,6-10H2. The van der Waals surface area contributed by atoms with Crippen molar-refractivity contribution in [3.8, 4) is 0 Å². The molecule has 2 heterocycles. The second-order valence-corrected chi connectivity index (χ2v) is 4.88. The highest BCUT2D eigenvalue weighted by molar-refractivity contribution is 5.25. The van der Waals surface area contributed by atoms with E-state index in [4.69, 9.17) is 0 Å². The minimum Gasteiger partial charge on any atom is -0.316 e. The van der Waals surface area contributed by atoms with Crippen molar-refractivity contribution in [2.24, 2.45) is 5.41 Å². The van der Waals surface area contributed by atoms with E-state index in [9.17, 15) is 0 Å². The second kappa shape index (κ2) is 3.62. The van der Waals surface area contributed by atoms with Crippen molar-refractivity contribution < 1.29 is 0 Å². The van der Waals surface area contributed by atoms with Crippen molar-refractivity contribution in [3.63, 3.8) is 0 Å². The van der Waals surface area contributed by atoms with Crippen LogP contribution in [0, 0.1) is 5.41 Å². The maximum absolute atomic E-state index is 3.53. The Bertz CT molecular complexity index is 330. The maximum atomic E-state index is 3.53. The summed E-state index contributed by atoms with van der Waals surface area (Å²) >= 11 is 0. The molecule has 15 heavy (non-hydrogen) atoms. The van der Waals surface area contributed by atoms with Gasteiger partial charge in [-0.2, -0.15) is 0 Å². The highest BCUT2D eigenvalue weighted by Crippen LogP contribution is 2.43. The largest absolute Gasteiger partial charge is 0.316 e. The maximum Gasteiger partial charge on any atom is 0.00453 e. The highest BCUT2D eigenvalue weighted by Gasteiger charge is 2.45. The summed E-state index contributed by atoms with van der Waals surface area (Å²) in [6, 6.07) is 11.0. The van der Waals surface area contributed by atoms with Crippen molar-refractivity contribution in [3.05, 3.63) is 35.9 Å². The molecule has 1 atom stereocenters. The lowest BCUT2D eigenvalue weighted by atomic mass is 9.64. The van der Waals surface area contributed by atoms with Crippen molar-refractivity contribution in [1.29, 1.82) is 0 Å².